The van der Waals surface area contributed by atoms with Crippen LogP contribution in [0.15, 0.2) is 18.2 Å². The smallest absolute Gasteiger partial charge is 0.274 e. The van der Waals surface area contributed by atoms with Crippen LogP contribution in [-0.4, -0.2) is 40.8 Å². The quantitative estimate of drug-likeness (QED) is 0.866. The molecule has 1 aromatic carbocycles. The lowest BCUT2D eigenvalue weighted by molar-refractivity contribution is 0.0934. The van der Waals surface area contributed by atoms with Gasteiger partial charge in [-0.1, -0.05) is 11.3 Å². The highest BCUT2D eigenvalue weighted by atomic mass is 16.7. The molecule has 0 spiro atoms. The molecule has 2 aliphatic heterocycles. The van der Waals surface area contributed by atoms with Gasteiger partial charge in [0.25, 0.3) is 5.91 Å². The Bertz CT molecular complexity index is 813. The minimum Gasteiger partial charge on any atom is -0.454 e. The summed E-state index contributed by atoms with van der Waals surface area (Å²) in [6.07, 6.45) is 2.00. The summed E-state index contributed by atoms with van der Waals surface area (Å²) < 4.78 is 12.6. The molecule has 1 fully saturated rings. The van der Waals surface area contributed by atoms with Gasteiger partial charge in [-0.3, -0.25) is 4.79 Å². The van der Waals surface area contributed by atoms with Crippen molar-refractivity contribution >= 4 is 5.91 Å². The lowest BCUT2D eigenvalue weighted by Gasteiger charge is -2.23. The summed E-state index contributed by atoms with van der Waals surface area (Å²) in [5.41, 5.74) is 2.15. The molecule has 0 aliphatic carbocycles. The van der Waals surface area contributed by atoms with Crippen LogP contribution in [-0.2, 0) is 0 Å². The van der Waals surface area contributed by atoms with Gasteiger partial charge in [-0.05, 0) is 57.5 Å². The van der Waals surface area contributed by atoms with Crippen LogP contribution in [0.25, 0.3) is 0 Å². The predicted molar refractivity (Wildman–Crippen MR) is 94.3 cm³/mol. The number of nitrogens with one attached hydrogen (secondary N) is 2. The number of piperidine rings is 1. The molecule has 3 heterocycles. The third-order valence-corrected chi connectivity index (χ3v) is 5.04. The zero-order valence-corrected chi connectivity index (χ0v) is 15.0. The van der Waals surface area contributed by atoms with E-state index in [4.69, 9.17) is 9.47 Å². The molecule has 1 amide bonds. The average molecular weight is 357 g/mol. The standard InChI is InChI=1S/C18H23N5O3/c1-11(13-3-4-15-16(9-13)26-10-25-15)20-18(24)17-12(2)23(22-21-17)14-5-7-19-8-6-14/h3-4,9,11,14,19H,5-8,10H2,1-2H3,(H,20,24)/t11-/m0/s1. The molecule has 1 atom stereocenters. The Balaban J connectivity index is 1.47. The summed E-state index contributed by atoms with van der Waals surface area (Å²) >= 11 is 0. The molecular formula is C18H23N5O3. The Morgan fingerprint density at radius 1 is 1.31 bits per heavy atom. The van der Waals surface area contributed by atoms with E-state index < -0.39 is 0 Å². The highest BCUT2D eigenvalue weighted by Crippen LogP contribution is 2.34. The molecule has 1 aromatic heterocycles. The number of hydrogen-bond donors (Lipinski definition) is 2. The number of carbonyl (C=O) groups is 1. The fraction of sp³-hybridized carbons (Fsp3) is 0.500. The lowest BCUT2D eigenvalue weighted by Crippen LogP contribution is -2.31. The maximum absolute atomic E-state index is 12.7. The Morgan fingerprint density at radius 2 is 2.08 bits per heavy atom. The van der Waals surface area contributed by atoms with Crippen LogP contribution in [0.1, 0.15) is 53.6 Å². The van der Waals surface area contributed by atoms with E-state index in [-0.39, 0.29) is 18.7 Å². The Morgan fingerprint density at radius 3 is 2.88 bits per heavy atom. The van der Waals surface area contributed by atoms with E-state index >= 15 is 0 Å². The zero-order chi connectivity index (χ0) is 18.1. The highest BCUT2D eigenvalue weighted by Gasteiger charge is 2.24. The van der Waals surface area contributed by atoms with Crippen molar-refractivity contribution in [2.24, 2.45) is 0 Å². The van der Waals surface area contributed by atoms with E-state index in [0.717, 1.165) is 42.9 Å². The van der Waals surface area contributed by atoms with Gasteiger partial charge in [0.1, 0.15) is 0 Å². The molecule has 1 saturated heterocycles. The number of benzene rings is 1. The molecule has 0 bridgehead atoms. The Hall–Kier alpha value is -2.61. The van der Waals surface area contributed by atoms with Crippen LogP contribution < -0.4 is 20.1 Å². The third kappa shape index (κ3) is 3.12. The van der Waals surface area contributed by atoms with Gasteiger partial charge < -0.3 is 20.1 Å². The van der Waals surface area contributed by atoms with Gasteiger partial charge in [-0.2, -0.15) is 0 Å². The molecule has 2 aliphatic rings. The fourth-order valence-electron chi connectivity index (χ4n) is 3.48. The minimum absolute atomic E-state index is 0.180. The van der Waals surface area contributed by atoms with Crippen LogP contribution in [0, 0.1) is 6.92 Å². The van der Waals surface area contributed by atoms with Crippen LogP contribution >= 0.6 is 0 Å². The van der Waals surface area contributed by atoms with Crippen molar-refractivity contribution in [2.45, 2.75) is 38.8 Å². The van der Waals surface area contributed by atoms with Crippen LogP contribution in [0.2, 0.25) is 0 Å². The molecule has 2 N–H and O–H groups in total. The van der Waals surface area contributed by atoms with Crippen molar-refractivity contribution in [1.29, 1.82) is 0 Å². The van der Waals surface area contributed by atoms with E-state index in [9.17, 15) is 4.79 Å². The normalized spacial score (nSPS) is 17.9. The van der Waals surface area contributed by atoms with E-state index in [1.807, 2.05) is 36.7 Å². The first kappa shape index (κ1) is 16.8. The molecular weight excluding hydrogens is 334 g/mol. The van der Waals surface area contributed by atoms with Crippen molar-refractivity contribution in [3.63, 3.8) is 0 Å². The molecule has 0 radical (unpaired) electrons. The summed E-state index contributed by atoms with van der Waals surface area (Å²) in [6, 6.07) is 5.80. The van der Waals surface area contributed by atoms with Crippen LogP contribution in [0.3, 0.4) is 0 Å². The molecule has 26 heavy (non-hydrogen) atoms. The second kappa shape index (κ2) is 6.95. The van der Waals surface area contributed by atoms with E-state index in [1.165, 1.54) is 0 Å². The van der Waals surface area contributed by atoms with Crippen molar-refractivity contribution < 1.29 is 14.3 Å². The Kier molecular flexibility index (Phi) is 4.50. The molecule has 8 heteroatoms. The van der Waals surface area contributed by atoms with Gasteiger partial charge >= 0.3 is 0 Å². The predicted octanol–water partition coefficient (Wildman–Crippen LogP) is 1.73. The monoisotopic (exact) mass is 357 g/mol. The maximum atomic E-state index is 12.7. The summed E-state index contributed by atoms with van der Waals surface area (Å²) in [7, 11) is 0. The highest BCUT2D eigenvalue weighted by molar-refractivity contribution is 5.93. The maximum Gasteiger partial charge on any atom is 0.274 e. The number of nitrogens with zero attached hydrogens (tertiary/aromatic N) is 3. The van der Waals surface area contributed by atoms with Gasteiger partial charge in [0.05, 0.1) is 17.8 Å². The SMILES string of the molecule is Cc1c(C(=O)N[C@@H](C)c2ccc3c(c2)OCO3)nnn1C1CCNCC1. The zero-order valence-electron chi connectivity index (χ0n) is 15.0. The third-order valence-electron chi connectivity index (χ3n) is 5.04. The minimum atomic E-state index is -0.215. The number of rotatable bonds is 4. The molecule has 4 rings (SSSR count). The molecule has 138 valence electrons. The topological polar surface area (TPSA) is 90.3 Å². The second-order valence-corrected chi connectivity index (χ2v) is 6.76. The van der Waals surface area contributed by atoms with Crippen molar-refractivity contribution in [1.82, 2.24) is 25.6 Å². The molecule has 2 aromatic rings. The fourth-order valence-corrected chi connectivity index (χ4v) is 3.48. The molecule has 8 nitrogen and oxygen atoms in total. The van der Waals surface area contributed by atoms with Gasteiger partial charge in [-0.15, -0.1) is 5.10 Å². The van der Waals surface area contributed by atoms with Crippen LogP contribution in [0.5, 0.6) is 11.5 Å². The Labute approximate surface area is 151 Å². The first-order valence-electron chi connectivity index (χ1n) is 8.96. The van der Waals surface area contributed by atoms with E-state index in [1.54, 1.807) is 0 Å². The van der Waals surface area contributed by atoms with Gasteiger partial charge in [0, 0.05) is 0 Å². The number of amides is 1. The molecule has 0 saturated carbocycles. The number of ether oxygens (including phenoxy) is 2. The van der Waals surface area contributed by atoms with E-state index in [0.29, 0.717) is 17.5 Å². The van der Waals surface area contributed by atoms with Gasteiger partial charge in [0.15, 0.2) is 17.2 Å². The first-order chi connectivity index (χ1) is 12.6. The first-order valence-corrected chi connectivity index (χ1v) is 8.96. The number of fused-ring (bicyclic) bond motifs is 1. The summed E-state index contributed by atoms with van der Waals surface area (Å²) in [6.45, 7) is 6.00. The van der Waals surface area contributed by atoms with E-state index in [2.05, 4.69) is 20.9 Å². The average Bonchev–Trinajstić information content (AvgIpc) is 3.28. The van der Waals surface area contributed by atoms with Crippen molar-refractivity contribution in [2.75, 3.05) is 19.9 Å². The van der Waals surface area contributed by atoms with Gasteiger partial charge in [-0.25, -0.2) is 4.68 Å². The van der Waals surface area contributed by atoms with Gasteiger partial charge in [0.2, 0.25) is 6.79 Å². The molecule has 0 unspecified atom stereocenters. The number of carbonyl (C=O) groups excluding carboxylic acids is 1. The van der Waals surface area contributed by atoms with Crippen molar-refractivity contribution in [3.8, 4) is 11.5 Å². The van der Waals surface area contributed by atoms with Crippen molar-refractivity contribution in [3.05, 3.63) is 35.2 Å². The second-order valence-electron chi connectivity index (χ2n) is 6.76. The number of aromatic nitrogens is 3. The summed E-state index contributed by atoms with van der Waals surface area (Å²) in [5.74, 6) is 1.22. The lowest BCUT2D eigenvalue weighted by atomic mass is 10.1. The summed E-state index contributed by atoms with van der Waals surface area (Å²) in [5, 5.41) is 14.7. The summed E-state index contributed by atoms with van der Waals surface area (Å²) in [4.78, 5) is 12.7. The van der Waals surface area contributed by atoms with Crippen LogP contribution in [0.4, 0.5) is 0 Å². The largest absolute Gasteiger partial charge is 0.454 e. The number of hydrogen-bond acceptors (Lipinski definition) is 6.